The van der Waals surface area contributed by atoms with Crippen LogP contribution in [0.1, 0.15) is 12.8 Å². The number of rotatable bonds is 4. The van der Waals surface area contributed by atoms with Crippen molar-refractivity contribution in [3.63, 3.8) is 0 Å². The predicted octanol–water partition coefficient (Wildman–Crippen LogP) is 1.11. The summed E-state index contributed by atoms with van der Waals surface area (Å²) in [6, 6.07) is 2.47. The average Bonchev–Trinajstić information content (AvgIpc) is 2.55. The number of nitrogens with zero attached hydrogens (tertiary/aromatic N) is 1. The number of halogens is 2. The zero-order valence-corrected chi connectivity index (χ0v) is 13.1. The molecule has 0 atom stereocenters. The molecule has 0 spiro atoms. The molecule has 1 heterocycles. The average molecular weight is 342 g/mol. The Balaban J connectivity index is 2.05. The van der Waals surface area contributed by atoms with E-state index >= 15 is 0 Å². The summed E-state index contributed by atoms with van der Waals surface area (Å²) >= 11 is 0. The van der Waals surface area contributed by atoms with E-state index in [1.165, 1.54) is 4.31 Å². The van der Waals surface area contributed by atoms with Gasteiger partial charge in [0.15, 0.2) is 11.6 Å². The first-order valence-corrected chi connectivity index (χ1v) is 8.46. The smallest absolute Gasteiger partial charge is 0.243 e. The lowest BCUT2D eigenvalue weighted by molar-refractivity contribution is -0.125. The van der Waals surface area contributed by atoms with Gasteiger partial charge in [-0.2, -0.15) is 4.31 Å². The minimum atomic E-state index is -3.90. The van der Waals surface area contributed by atoms with Gasteiger partial charge in [-0.25, -0.2) is 17.2 Å². The van der Waals surface area contributed by atoms with Crippen LogP contribution in [0, 0.1) is 29.9 Å². The molecule has 1 saturated heterocycles. The molecule has 124 valence electrons. The van der Waals surface area contributed by atoms with E-state index in [2.05, 4.69) is 11.2 Å². The van der Waals surface area contributed by atoms with E-state index in [1.807, 2.05) is 0 Å². The molecule has 23 heavy (non-hydrogen) atoms. The highest BCUT2D eigenvalue weighted by Crippen LogP contribution is 2.24. The van der Waals surface area contributed by atoms with Crippen LogP contribution in [0.2, 0.25) is 0 Å². The third kappa shape index (κ3) is 3.86. The molecule has 0 saturated carbocycles. The monoisotopic (exact) mass is 342 g/mol. The molecule has 0 bridgehead atoms. The fourth-order valence-electron chi connectivity index (χ4n) is 2.43. The maximum Gasteiger partial charge on any atom is 0.243 e. The molecule has 1 N–H and O–H groups in total. The van der Waals surface area contributed by atoms with Crippen molar-refractivity contribution in [2.75, 3.05) is 19.6 Å². The van der Waals surface area contributed by atoms with Gasteiger partial charge in [-0.05, 0) is 31.0 Å². The largest absolute Gasteiger partial charge is 0.345 e. The second-order valence-corrected chi connectivity index (χ2v) is 7.11. The van der Waals surface area contributed by atoms with Crippen LogP contribution in [-0.2, 0) is 14.8 Å². The van der Waals surface area contributed by atoms with E-state index in [0.29, 0.717) is 18.9 Å². The summed E-state index contributed by atoms with van der Waals surface area (Å²) < 4.78 is 52.2. The number of benzene rings is 1. The van der Waals surface area contributed by atoms with Gasteiger partial charge >= 0.3 is 0 Å². The number of terminal acetylenes is 1. The fraction of sp³-hybridized carbons (Fsp3) is 0.400. The van der Waals surface area contributed by atoms with E-state index in [4.69, 9.17) is 6.42 Å². The summed E-state index contributed by atoms with van der Waals surface area (Å²) in [6.07, 6.45) is 5.76. The quantitative estimate of drug-likeness (QED) is 0.834. The number of carbonyl (C=O) groups excluding carboxylic acids is 1. The lowest BCUT2D eigenvalue weighted by Gasteiger charge is -2.30. The maximum atomic E-state index is 13.2. The molecule has 0 radical (unpaired) electrons. The Labute approximate surface area is 133 Å². The van der Waals surface area contributed by atoms with Gasteiger partial charge in [0.2, 0.25) is 15.9 Å². The van der Waals surface area contributed by atoms with Gasteiger partial charge in [0.05, 0.1) is 11.4 Å². The van der Waals surface area contributed by atoms with Gasteiger partial charge in [-0.3, -0.25) is 4.79 Å². The number of hydrogen-bond donors (Lipinski definition) is 1. The van der Waals surface area contributed by atoms with Crippen LogP contribution in [0.4, 0.5) is 8.78 Å². The minimum Gasteiger partial charge on any atom is -0.345 e. The Kier molecular flexibility index (Phi) is 5.34. The van der Waals surface area contributed by atoms with E-state index < -0.39 is 21.7 Å². The van der Waals surface area contributed by atoms with Gasteiger partial charge in [0.25, 0.3) is 0 Å². The molecule has 1 aliphatic heterocycles. The van der Waals surface area contributed by atoms with Crippen LogP contribution in [0.3, 0.4) is 0 Å². The molecule has 1 amide bonds. The van der Waals surface area contributed by atoms with Crippen LogP contribution in [0.25, 0.3) is 0 Å². The maximum absolute atomic E-state index is 13.2. The number of carbonyl (C=O) groups is 1. The van der Waals surface area contributed by atoms with Crippen LogP contribution in [-0.4, -0.2) is 38.3 Å². The fourth-order valence-corrected chi connectivity index (χ4v) is 3.91. The second-order valence-electron chi connectivity index (χ2n) is 5.18. The van der Waals surface area contributed by atoms with Crippen LogP contribution >= 0.6 is 0 Å². The lowest BCUT2D eigenvalue weighted by atomic mass is 9.97. The number of sulfonamides is 1. The highest BCUT2D eigenvalue weighted by molar-refractivity contribution is 7.89. The topological polar surface area (TPSA) is 66.5 Å². The SMILES string of the molecule is C#CCNC(=O)C1CCN(S(=O)(=O)c2ccc(F)c(F)c2)CC1. The molecule has 0 aromatic heterocycles. The van der Waals surface area contributed by atoms with Crippen LogP contribution in [0.15, 0.2) is 23.1 Å². The lowest BCUT2D eigenvalue weighted by Crippen LogP contribution is -2.43. The molecule has 1 aliphatic rings. The Morgan fingerprint density at radius 1 is 1.30 bits per heavy atom. The Bertz CT molecular complexity index is 736. The molecule has 1 aromatic carbocycles. The standard InChI is InChI=1S/C15H16F2N2O3S/c1-2-7-18-15(20)11-5-8-19(9-6-11)23(21,22)12-3-4-13(16)14(17)10-12/h1,3-4,10-11H,5-9H2,(H,18,20). The molecular weight excluding hydrogens is 326 g/mol. The summed E-state index contributed by atoms with van der Waals surface area (Å²) in [5.41, 5.74) is 0. The van der Waals surface area contributed by atoms with Crippen molar-refractivity contribution < 1.29 is 22.0 Å². The van der Waals surface area contributed by atoms with Crippen molar-refractivity contribution in [1.82, 2.24) is 9.62 Å². The van der Waals surface area contributed by atoms with Gasteiger partial charge in [-0.1, -0.05) is 5.92 Å². The first-order valence-electron chi connectivity index (χ1n) is 7.02. The number of amides is 1. The molecule has 8 heteroatoms. The highest BCUT2D eigenvalue weighted by atomic mass is 32.2. The van der Waals surface area contributed by atoms with Crippen molar-refractivity contribution in [3.05, 3.63) is 29.8 Å². The summed E-state index contributed by atoms with van der Waals surface area (Å²) in [4.78, 5) is 11.5. The van der Waals surface area contributed by atoms with E-state index in [-0.39, 0.29) is 36.4 Å². The van der Waals surface area contributed by atoms with Gasteiger partial charge < -0.3 is 5.32 Å². The van der Waals surface area contributed by atoms with E-state index in [0.717, 1.165) is 12.1 Å². The minimum absolute atomic E-state index is 0.131. The highest BCUT2D eigenvalue weighted by Gasteiger charge is 2.32. The molecule has 1 fully saturated rings. The zero-order valence-electron chi connectivity index (χ0n) is 12.3. The summed E-state index contributed by atoms with van der Waals surface area (Å²) in [5, 5.41) is 2.57. The van der Waals surface area contributed by atoms with E-state index in [1.54, 1.807) is 0 Å². The molecule has 0 unspecified atom stereocenters. The normalized spacial score (nSPS) is 16.7. The van der Waals surface area contributed by atoms with Crippen LogP contribution in [0.5, 0.6) is 0 Å². The first kappa shape index (κ1) is 17.4. The van der Waals surface area contributed by atoms with Crippen molar-refractivity contribution in [2.45, 2.75) is 17.7 Å². The Morgan fingerprint density at radius 2 is 1.96 bits per heavy atom. The summed E-state index contributed by atoms with van der Waals surface area (Å²) in [7, 11) is -3.90. The van der Waals surface area contributed by atoms with Gasteiger partial charge in [-0.15, -0.1) is 6.42 Å². The van der Waals surface area contributed by atoms with Crippen molar-refractivity contribution in [3.8, 4) is 12.3 Å². The third-order valence-corrected chi connectivity index (χ3v) is 5.61. The molecule has 1 aromatic rings. The summed E-state index contributed by atoms with van der Waals surface area (Å²) in [5.74, 6) is -0.526. The van der Waals surface area contributed by atoms with E-state index in [9.17, 15) is 22.0 Å². The molecular formula is C15H16F2N2O3S. The Morgan fingerprint density at radius 3 is 2.52 bits per heavy atom. The number of hydrogen-bond acceptors (Lipinski definition) is 3. The Hall–Kier alpha value is -1.98. The van der Waals surface area contributed by atoms with Crippen molar-refractivity contribution in [1.29, 1.82) is 0 Å². The van der Waals surface area contributed by atoms with Crippen LogP contribution < -0.4 is 5.32 Å². The molecule has 2 rings (SSSR count). The third-order valence-electron chi connectivity index (χ3n) is 3.72. The zero-order chi connectivity index (χ0) is 17.0. The van der Waals surface area contributed by atoms with Gasteiger partial charge in [0.1, 0.15) is 0 Å². The van der Waals surface area contributed by atoms with Crippen molar-refractivity contribution >= 4 is 15.9 Å². The second kappa shape index (κ2) is 7.06. The summed E-state index contributed by atoms with van der Waals surface area (Å²) in [6.45, 7) is 0.400. The first-order chi connectivity index (χ1) is 10.9. The van der Waals surface area contributed by atoms with Crippen molar-refractivity contribution in [2.24, 2.45) is 5.92 Å². The number of nitrogens with one attached hydrogen (secondary N) is 1. The molecule has 5 nitrogen and oxygen atoms in total. The van der Waals surface area contributed by atoms with Gasteiger partial charge in [0, 0.05) is 19.0 Å². The molecule has 0 aliphatic carbocycles. The predicted molar refractivity (Wildman–Crippen MR) is 79.7 cm³/mol. The number of piperidine rings is 1.